The Morgan fingerprint density at radius 1 is 1.71 bits per heavy atom. The number of rotatable bonds is 3. The number of nitrogens with one attached hydrogen (secondary N) is 1. The smallest absolute Gasteiger partial charge is 0.257 e. The first-order valence-electron chi connectivity index (χ1n) is 5.85. The molecule has 1 amide bonds. The van der Waals surface area contributed by atoms with Crippen molar-refractivity contribution in [2.24, 2.45) is 0 Å². The summed E-state index contributed by atoms with van der Waals surface area (Å²) >= 11 is 0. The molecule has 5 heteroatoms. The molecular formula is C12H16FN3O. The molecule has 1 N–H and O–H groups in total. The number of nitrogens with zero attached hydrogens (tertiary/aromatic N) is 2. The van der Waals surface area contributed by atoms with Gasteiger partial charge in [0.25, 0.3) is 5.91 Å². The summed E-state index contributed by atoms with van der Waals surface area (Å²) in [6, 6.07) is 1.60. The van der Waals surface area contributed by atoms with Gasteiger partial charge in [0.1, 0.15) is 0 Å². The van der Waals surface area contributed by atoms with Crippen molar-refractivity contribution < 1.29 is 9.18 Å². The summed E-state index contributed by atoms with van der Waals surface area (Å²) in [5, 5.41) is 3.21. The zero-order valence-corrected chi connectivity index (χ0v) is 9.82. The summed E-state index contributed by atoms with van der Waals surface area (Å²) in [5.41, 5.74) is 0.105. The van der Waals surface area contributed by atoms with E-state index in [1.165, 1.54) is 12.3 Å². The molecule has 2 heterocycles. The van der Waals surface area contributed by atoms with Crippen LogP contribution in [0, 0.1) is 5.82 Å². The Morgan fingerprint density at radius 2 is 2.53 bits per heavy atom. The summed E-state index contributed by atoms with van der Waals surface area (Å²) < 4.78 is 13.5. The molecule has 0 aromatic carbocycles. The van der Waals surface area contributed by atoms with Gasteiger partial charge in [0.05, 0.1) is 11.8 Å². The van der Waals surface area contributed by atoms with Crippen molar-refractivity contribution in [2.45, 2.75) is 19.4 Å². The van der Waals surface area contributed by atoms with Crippen molar-refractivity contribution >= 4 is 5.91 Å². The van der Waals surface area contributed by atoms with E-state index in [0.29, 0.717) is 6.54 Å². The maximum absolute atomic E-state index is 13.5. The minimum atomic E-state index is -0.554. The Bertz CT molecular complexity index is 404. The second kappa shape index (κ2) is 5.23. The molecule has 0 radical (unpaired) electrons. The maximum Gasteiger partial charge on any atom is 0.257 e. The Balaban J connectivity index is 2.20. The third kappa shape index (κ3) is 2.44. The Hall–Kier alpha value is -1.49. The van der Waals surface area contributed by atoms with Gasteiger partial charge >= 0.3 is 0 Å². The van der Waals surface area contributed by atoms with Crippen LogP contribution < -0.4 is 5.32 Å². The average molecular weight is 237 g/mol. The molecule has 1 aromatic heterocycles. The lowest BCUT2D eigenvalue weighted by Crippen LogP contribution is -2.41. The van der Waals surface area contributed by atoms with Gasteiger partial charge in [-0.25, -0.2) is 4.39 Å². The lowest BCUT2D eigenvalue weighted by Gasteiger charge is -2.27. The first-order chi connectivity index (χ1) is 8.24. The molecule has 17 heavy (non-hydrogen) atoms. The molecule has 1 aliphatic rings. The van der Waals surface area contributed by atoms with E-state index in [1.54, 1.807) is 4.90 Å². The average Bonchev–Trinajstić information content (AvgIpc) is 2.84. The second-order valence-corrected chi connectivity index (χ2v) is 4.09. The molecule has 1 unspecified atom stereocenters. The van der Waals surface area contributed by atoms with Crippen molar-refractivity contribution in [3.8, 4) is 0 Å². The molecule has 1 atom stereocenters. The van der Waals surface area contributed by atoms with Gasteiger partial charge in [-0.3, -0.25) is 9.78 Å². The van der Waals surface area contributed by atoms with Crippen LogP contribution in [0.15, 0.2) is 18.5 Å². The van der Waals surface area contributed by atoms with Gasteiger partial charge in [0.2, 0.25) is 0 Å². The van der Waals surface area contributed by atoms with E-state index >= 15 is 0 Å². The number of amides is 1. The fourth-order valence-electron chi connectivity index (χ4n) is 2.18. The monoisotopic (exact) mass is 237 g/mol. The zero-order chi connectivity index (χ0) is 12.3. The lowest BCUT2D eigenvalue weighted by atomic mass is 10.1. The Kier molecular flexibility index (Phi) is 3.68. The minimum Gasteiger partial charge on any atom is -0.335 e. The predicted octanol–water partition coefficient (Wildman–Crippen LogP) is 1.04. The van der Waals surface area contributed by atoms with Crippen LogP contribution in [0.4, 0.5) is 4.39 Å². The highest BCUT2D eigenvalue weighted by molar-refractivity contribution is 5.94. The predicted molar refractivity (Wildman–Crippen MR) is 62.2 cm³/mol. The van der Waals surface area contributed by atoms with Crippen molar-refractivity contribution in [1.29, 1.82) is 0 Å². The maximum atomic E-state index is 13.5. The van der Waals surface area contributed by atoms with Crippen LogP contribution in [0.25, 0.3) is 0 Å². The summed E-state index contributed by atoms with van der Waals surface area (Å²) in [4.78, 5) is 17.6. The van der Waals surface area contributed by atoms with Crippen molar-refractivity contribution in [3.63, 3.8) is 0 Å². The molecular weight excluding hydrogens is 221 g/mol. The van der Waals surface area contributed by atoms with E-state index < -0.39 is 5.82 Å². The van der Waals surface area contributed by atoms with Crippen LogP contribution in [0.5, 0.6) is 0 Å². The van der Waals surface area contributed by atoms with E-state index in [2.05, 4.69) is 10.3 Å². The highest BCUT2D eigenvalue weighted by atomic mass is 19.1. The Labute approximate surface area is 99.8 Å². The number of halogens is 1. The summed E-state index contributed by atoms with van der Waals surface area (Å²) in [6.07, 6.45) is 3.44. The fraction of sp³-hybridized carbons (Fsp3) is 0.500. The van der Waals surface area contributed by atoms with E-state index in [9.17, 15) is 9.18 Å². The van der Waals surface area contributed by atoms with Gasteiger partial charge in [-0.2, -0.15) is 0 Å². The van der Waals surface area contributed by atoms with Crippen LogP contribution >= 0.6 is 0 Å². The summed E-state index contributed by atoms with van der Waals surface area (Å²) in [7, 11) is 0. The third-order valence-corrected chi connectivity index (χ3v) is 3.08. The normalized spacial score (nSPS) is 19.3. The molecule has 1 saturated heterocycles. The summed E-state index contributed by atoms with van der Waals surface area (Å²) in [6.45, 7) is 4.20. The van der Waals surface area contributed by atoms with Gasteiger partial charge in [0.15, 0.2) is 5.82 Å². The number of pyridine rings is 1. The number of carbonyl (C=O) groups excluding carboxylic acids is 1. The minimum absolute atomic E-state index is 0.105. The molecule has 0 aliphatic carbocycles. The molecule has 1 fully saturated rings. The first-order valence-corrected chi connectivity index (χ1v) is 5.85. The van der Waals surface area contributed by atoms with Crippen LogP contribution in [0.1, 0.15) is 23.7 Å². The fourth-order valence-corrected chi connectivity index (χ4v) is 2.18. The number of hydrogen-bond acceptors (Lipinski definition) is 3. The van der Waals surface area contributed by atoms with Gasteiger partial charge in [-0.15, -0.1) is 0 Å². The van der Waals surface area contributed by atoms with E-state index in [4.69, 9.17) is 0 Å². The molecule has 2 rings (SSSR count). The van der Waals surface area contributed by atoms with Gasteiger partial charge < -0.3 is 10.2 Å². The largest absolute Gasteiger partial charge is 0.335 e. The zero-order valence-electron chi connectivity index (χ0n) is 9.82. The lowest BCUT2D eigenvalue weighted by molar-refractivity contribution is 0.0699. The first kappa shape index (κ1) is 12.0. The molecule has 1 aliphatic heterocycles. The van der Waals surface area contributed by atoms with Gasteiger partial charge in [-0.05, 0) is 26.0 Å². The van der Waals surface area contributed by atoms with Gasteiger partial charge in [-0.1, -0.05) is 0 Å². The molecule has 0 bridgehead atoms. The quantitative estimate of drug-likeness (QED) is 0.854. The van der Waals surface area contributed by atoms with Crippen LogP contribution in [-0.2, 0) is 0 Å². The van der Waals surface area contributed by atoms with E-state index in [-0.39, 0.29) is 17.5 Å². The molecule has 0 saturated carbocycles. The second-order valence-electron chi connectivity index (χ2n) is 4.09. The standard InChI is InChI=1S/C12H16FN3O/c1-2-16(9-3-5-14-7-9)12(17)10-4-6-15-8-11(10)13/h4,6,8-9,14H,2-3,5,7H2,1H3. The van der Waals surface area contributed by atoms with E-state index in [0.717, 1.165) is 25.7 Å². The Morgan fingerprint density at radius 3 is 3.12 bits per heavy atom. The highest BCUT2D eigenvalue weighted by Crippen LogP contribution is 2.14. The third-order valence-electron chi connectivity index (χ3n) is 3.08. The van der Waals surface area contributed by atoms with Crippen LogP contribution in [0.2, 0.25) is 0 Å². The molecule has 1 aromatic rings. The SMILES string of the molecule is CCN(C(=O)c1ccncc1F)C1CCNC1. The number of aromatic nitrogens is 1. The molecule has 0 spiro atoms. The van der Waals surface area contributed by atoms with E-state index in [1.807, 2.05) is 6.92 Å². The number of carbonyl (C=O) groups is 1. The van der Waals surface area contributed by atoms with Crippen LogP contribution in [0.3, 0.4) is 0 Å². The molecule has 4 nitrogen and oxygen atoms in total. The van der Waals surface area contributed by atoms with Crippen LogP contribution in [-0.4, -0.2) is 41.5 Å². The van der Waals surface area contributed by atoms with Crippen molar-refractivity contribution in [3.05, 3.63) is 29.8 Å². The number of likely N-dealkylation sites (N-methyl/N-ethyl adjacent to an activating group) is 1. The van der Waals surface area contributed by atoms with Crippen molar-refractivity contribution in [2.75, 3.05) is 19.6 Å². The number of hydrogen-bond donors (Lipinski definition) is 1. The topological polar surface area (TPSA) is 45.2 Å². The summed E-state index contributed by atoms with van der Waals surface area (Å²) in [5.74, 6) is -0.803. The van der Waals surface area contributed by atoms with Crippen molar-refractivity contribution in [1.82, 2.24) is 15.2 Å². The van der Waals surface area contributed by atoms with Gasteiger partial charge in [0, 0.05) is 25.3 Å². The highest BCUT2D eigenvalue weighted by Gasteiger charge is 2.27. The molecule has 92 valence electrons.